The Hall–Kier alpha value is -2.54. The molecule has 0 saturated heterocycles. The third kappa shape index (κ3) is 2.92. The van der Waals surface area contributed by atoms with Gasteiger partial charge in [0.25, 0.3) is 0 Å². The van der Waals surface area contributed by atoms with Gasteiger partial charge in [-0.05, 0) is 42.3 Å². The number of para-hydroxylation sites is 2. The molecular formula is C19H18FN3O2S. The van der Waals surface area contributed by atoms with E-state index in [9.17, 15) is 14.0 Å². The number of rotatable bonds is 3. The average molecular weight is 371 g/mol. The van der Waals surface area contributed by atoms with Crippen LogP contribution in [0, 0.1) is 5.82 Å². The van der Waals surface area contributed by atoms with Crippen molar-refractivity contribution in [1.29, 1.82) is 0 Å². The summed E-state index contributed by atoms with van der Waals surface area (Å²) in [7, 11) is 1.69. The van der Waals surface area contributed by atoms with E-state index in [1.807, 2.05) is 24.3 Å². The van der Waals surface area contributed by atoms with Crippen LogP contribution in [0.3, 0.4) is 0 Å². The second kappa shape index (κ2) is 6.64. The van der Waals surface area contributed by atoms with Gasteiger partial charge in [-0.25, -0.2) is 9.18 Å². The normalized spacial score (nSPS) is 16.5. The number of carbonyl (C=O) groups excluding carboxylic acids is 1. The highest BCUT2D eigenvalue weighted by molar-refractivity contribution is 7.99. The fraction of sp³-hybridized carbons (Fsp3) is 0.263. The molecule has 0 spiro atoms. The number of imidazole rings is 1. The van der Waals surface area contributed by atoms with Gasteiger partial charge in [-0.2, -0.15) is 0 Å². The summed E-state index contributed by atoms with van der Waals surface area (Å²) >= 11 is 1.66. The zero-order valence-corrected chi connectivity index (χ0v) is 15.1. The molecule has 1 aliphatic rings. The summed E-state index contributed by atoms with van der Waals surface area (Å²) in [6, 6.07) is 11.8. The molecule has 134 valence electrons. The van der Waals surface area contributed by atoms with Crippen LogP contribution in [-0.2, 0) is 18.4 Å². The van der Waals surface area contributed by atoms with Crippen LogP contribution in [0.25, 0.3) is 11.0 Å². The molecule has 5 nitrogen and oxygen atoms in total. The molecule has 0 bridgehead atoms. The van der Waals surface area contributed by atoms with Gasteiger partial charge in [-0.1, -0.05) is 12.1 Å². The van der Waals surface area contributed by atoms with Crippen LogP contribution in [0.4, 0.5) is 4.39 Å². The smallest absolute Gasteiger partial charge is 0.329 e. The number of benzene rings is 2. The van der Waals surface area contributed by atoms with Crippen molar-refractivity contribution in [2.45, 2.75) is 23.9 Å². The van der Waals surface area contributed by atoms with Crippen molar-refractivity contribution in [2.24, 2.45) is 7.05 Å². The quantitative estimate of drug-likeness (QED) is 0.770. The van der Waals surface area contributed by atoms with E-state index in [4.69, 9.17) is 0 Å². The lowest BCUT2D eigenvalue weighted by Crippen LogP contribution is -2.36. The van der Waals surface area contributed by atoms with Crippen LogP contribution in [-0.4, -0.2) is 20.8 Å². The number of aryl methyl sites for hydroxylation is 1. The highest BCUT2D eigenvalue weighted by atomic mass is 32.2. The van der Waals surface area contributed by atoms with Crippen LogP contribution in [0.2, 0.25) is 0 Å². The summed E-state index contributed by atoms with van der Waals surface area (Å²) in [5, 5.41) is 2.96. The lowest BCUT2D eigenvalue weighted by Gasteiger charge is -2.26. The number of halogens is 1. The lowest BCUT2D eigenvalue weighted by atomic mass is 10.0. The second-order valence-electron chi connectivity index (χ2n) is 6.36. The Morgan fingerprint density at radius 3 is 2.85 bits per heavy atom. The van der Waals surface area contributed by atoms with Crippen molar-refractivity contribution in [3.8, 4) is 0 Å². The fourth-order valence-electron chi connectivity index (χ4n) is 3.41. The zero-order chi connectivity index (χ0) is 18.3. The Labute approximate surface area is 153 Å². The topological polar surface area (TPSA) is 56.0 Å². The predicted octanol–water partition coefficient (Wildman–Crippen LogP) is 2.83. The highest BCUT2D eigenvalue weighted by Crippen LogP contribution is 2.36. The van der Waals surface area contributed by atoms with Gasteiger partial charge in [0, 0.05) is 17.7 Å². The van der Waals surface area contributed by atoms with Crippen LogP contribution < -0.4 is 11.0 Å². The molecule has 26 heavy (non-hydrogen) atoms. The molecule has 1 atom stereocenters. The Morgan fingerprint density at radius 2 is 2.04 bits per heavy atom. The lowest BCUT2D eigenvalue weighted by molar-refractivity contribution is -0.122. The first-order chi connectivity index (χ1) is 12.5. The molecule has 2 aromatic carbocycles. The minimum atomic E-state index is -0.309. The molecule has 3 aromatic rings. The van der Waals surface area contributed by atoms with Crippen LogP contribution in [0.1, 0.15) is 18.0 Å². The number of aromatic nitrogens is 2. The number of hydrogen-bond donors (Lipinski definition) is 1. The minimum absolute atomic E-state index is 0.0610. The third-order valence-electron chi connectivity index (χ3n) is 4.70. The first-order valence-corrected chi connectivity index (χ1v) is 9.39. The Morgan fingerprint density at radius 1 is 1.27 bits per heavy atom. The maximum atomic E-state index is 13.6. The fourth-order valence-corrected chi connectivity index (χ4v) is 4.52. The van der Waals surface area contributed by atoms with Crippen molar-refractivity contribution in [3.05, 3.63) is 64.3 Å². The third-order valence-corrected chi connectivity index (χ3v) is 5.82. The molecule has 1 N–H and O–H groups in total. The minimum Gasteiger partial charge on any atom is -0.348 e. The maximum Gasteiger partial charge on any atom is 0.329 e. The molecule has 0 fully saturated rings. The first-order valence-electron chi connectivity index (χ1n) is 8.40. The van der Waals surface area contributed by atoms with E-state index in [1.54, 1.807) is 24.9 Å². The van der Waals surface area contributed by atoms with Crippen molar-refractivity contribution < 1.29 is 9.18 Å². The molecule has 1 unspecified atom stereocenters. The van der Waals surface area contributed by atoms with E-state index < -0.39 is 0 Å². The summed E-state index contributed by atoms with van der Waals surface area (Å²) in [4.78, 5) is 26.0. The molecule has 0 saturated carbocycles. The van der Waals surface area contributed by atoms with Crippen molar-refractivity contribution in [2.75, 3.05) is 5.75 Å². The Balaban J connectivity index is 1.59. The molecule has 1 aliphatic heterocycles. The monoisotopic (exact) mass is 371 g/mol. The number of carbonyl (C=O) groups is 1. The molecule has 4 rings (SSSR count). The summed E-state index contributed by atoms with van der Waals surface area (Å²) < 4.78 is 16.6. The number of fused-ring (bicyclic) bond motifs is 2. The number of nitrogens with zero attached hydrogens (tertiary/aromatic N) is 2. The summed E-state index contributed by atoms with van der Waals surface area (Å²) in [6.45, 7) is -0.0610. The summed E-state index contributed by atoms with van der Waals surface area (Å²) in [5.74, 6) is 0.295. The Bertz CT molecular complexity index is 1060. The second-order valence-corrected chi connectivity index (χ2v) is 7.49. The van der Waals surface area contributed by atoms with E-state index in [1.165, 1.54) is 21.3 Å². The van der Waals surface area contributed by atoms with E-state index in [-0.39, 0.29) is 30.0 Å². The van der Waals surface area contributed by atoms with Gasteiger partial charge in [-0.15, -0.1) is 11.8 Å². The van der Waals surface area contributed by atoms with Gasteiger partial charge in [0.1, 0.15) is 12.4 Å². The van der Waals surface area contributed by atoms with Gasteiger partial charge < -0.3 is 5.32 Å². The molecular weight excluding hydrogens is 353 g/mol. The number of nitrogens with one attached hydrogen (secondary N) is 1. The van der Waals surface area contributed by atoms with Gasteiger partial charge >= 0.3 is 5.69 Å². The van der Waals surface area contributed by atoms with Gasteiger partial charge in [0.2, 0.25) is 5.91 Å². The number of amides is 1. The molecule has 0 aliphatic carbocycles. The standard InChI is InChI=1S/C19H18FN3O2S/c1-22-15-4-2-3-5-16(15)23(19(22)25)11-18(24)21-14-8-9-26-17-7-6-12(20)10-13(14)17/h2-7,10,14H,8-9,11H2,1H3,(H,21,24). The summed E-state index contributed by atoms with van der Waals surface area (Å²) in [5.41, 5.74) is 2.08. The number of thioether (sulfide) groups is 1. The number of hydrogen-bond acceptors (Lipinski definition) is 3. The SMILES string of the molecule is Cn1c(=O)n(CC(=O)NC2CCSc3ccc(F)cc32)c2ccccc21. The predicted molar refractivity (Wildman–Crippen MR) is 99.8 cm³/mol. The van der Waals surface area contributed by atoms with Gasteiger partial charge in [0.05, 0.1) is 17.1 Å². The zero-order valence-electron chi connectivity index (χ0n) is 14.2. The van der Waals surface area contributed by atoms with Crippen molar-refractivity contribution in [3.63, 3.8) is 0 Å². The average Bonchev–Trinajstić information content (AvgIpc) is 2.87. The van der Waals surface area contributed by atoms with Crippen molar-refractivity contribution in [1.82, 2.24) is 14.5 Å². The largest absolute Gasteiger partial charge is 0.348 e. The van der Waals surface area contributed by atoms with E-state index in [0.29, 0.717) is 0 Å². The summed E-state index contributed by atoms with van der Waals surface area (Å²) in [6.07, 6.45) is 0.733. The van der Waals surface area contributed by atoms with E-state index in [0.717, 1.165) is 33.7 Å². The van der Waals surface area contributed by atoms with Crippen LogP contribution in [0.15, 0.2) is 52.2 Å². The molecule has 7 heteroatoms. The molecule has 1 aromatic heterocycles. The Kier molecular flexibility index (Phi) is 4.32. The van der Waals surface area contributed by atoms with Gasteiger partial charge in [0.15, 0.2) is 0 Å². The highest BCUT2D eigenvalue weighted by Gasteiger charge is 2.23. The van der Waals surface area contributed by atoms with E-state index >= 15 is 0 Å². The van der Waals surface area contributed by atoms with Crippen LogP contribution in [0.5, 0.6) is 0 Å². The molecule has 0 radical (unpaired) electrons. The van der Waals surface area contributed by atoms with Gasteiger partial charge in [-0.3, -0.25) is 13.9 Å². The molecule has 2 heterocycles. The first kappa shape index (κ1) is 16.9. The van der Waals surface area contributed by atoms with E-state index in [2.05, 4.69) is 5.32 Å². The maximum absolute atomic E-state index is 13.6. The van der Waals surface area contributed by atoms with Crippen molar-refractivity contribution >= 4 is 28.7 Å². The molecule has 1 amide bonds. The van der Waals surface area contributed by atoms with Crippen LogP contribution >= 0.6 is 11.8 Å².